The zero-order valence-corrected chi connectivity index (χ0v) is 28.8. The van der Waals surface area contributed by atoms with E-state index in [-0.39, 0.29) is 0 Å². The van der Waals surface area contributed by atoms with Gasteiger partial charge in [0.05, 0.1) is 0 Å². The molecule has 0 fully saturated rings. The van der Waals surface area contributed by atoms with Crippen LogP contribution in [0.2, 0.25) is 0 Å². The van der Waals surface area contributed by atoms with E-state index in [0.29, 0.717) is 17.5 Å². The Hall–Kier alpha value is -7.11. The van der Waals surface area contributed by atoms with Crippen LogP contribution >= 0.6 is 0 Å². The molecule has 0 radical (unpaired) electrons. The van der Waals surface area contributed by atoms with Crippen LogP contribution in [0.1, 0.15) is 12.5 Å². The van der Waals surface area contributed by atoms with Crippen LogP contribution in [-0.2, 0) is 0 Å². The first-order valence-corrected chi connectivity index (χ1v) is 17.7. The molecule has 0 aliphatic rings. The quantitative estimate of drug-likeness (QED) is 0.163. The van der Waals surface area contributed by atoms with Gasteiger partial charge in [-0.1, -0.05) is 140 Å². The Morgan fingerprint density at radius 2 is 1.11 bits per heavy atom. The average Bonchev–Trinajstić information content (AvgIpc) is 3.79. The van der Waals surface area contributed by atoms with Crippen molar-refractivity contribution >= 4 is 60.7 Å². The first kappa shape index (κ1) is 30.7. The fourth-order valence-electron chi connectivity index (χ4n) is 7.42. The molecule has 0 amide bonds. The lowest BCUT2D eigenvalue weighted by Gasteiger charge is -2.12. The van der Waals surface area contributed by atoms with Crippen molar-refractivity contribution in [2.45, 2.75) is 6.92 Å². The molecule has 0 spiro atoms. The fraction of sp³-hybridized carbons (Fsp3) is 0.0208. The first-order chi connectivity index (χ1) is 26.2. The average molecular weight is 682 g/mol. The van der Waals surface area contributed by atoms with Crippen molar-refractivity contribution in [3.05, 3.63) is 169 Å². The number of nitrogens with zero attached hydrogens (tertiary/aromatic N) is 3. The Balaban J connectivity index is 1.18. The lowest BCUT2D eigenvalue weighted by Crippen LogP contribution is -2.01. The molecular weight excluding hydrogens is 651 g/mol. The van der Waals surface area contributed by atoms with Crippen molar-refractivity contribution < 1.29 is 8.83 Å². The molecule has 5 heteroatoms. The van der Waals surface area contributed by atoms with Crippen molar-refractivity contribution in [1.29, 1.82) is 0 Å². The van der Waals surface area contributed by atoms with Crippen molar-refractivity contribution in [3.8, 4) is 45.3 Å². The Labute approximate surface area is 305 Å². The molecule has 3 aromatic heterocycles. The van der Waals surface area contributed by atoms with Gasteiger partial charge in [-0.15, -0.1) is 0 Å². The third kappa shape index (κ3) is 5.21. The van der Waals surface area contributed by atoms with Gasteiger partial charge in [-0.3, -0.25) is 0 Å². The van der Waals surface area contributed by atoms with Gasteiger partial charge >= 0.3 is 0 Å². The molecular formula is C48H31N3O2. The van der Waals surface area contributed by atoms with Crippen LogP contribution in [0, 0.1) is 0 Å². The number of aromatic nitrogens is 3. The van der Waals surface area contributed by atoms with Crippen molar-refractivity contribution in [2.75, 3.05) is 0 Å². The second kappa shape index (κ2) is 12.6. The van der Waals surface area contributed by atoms with Gasteiger partial charge in [0.25, 0.3) is 0 Å². The van der Waals surface area contributed by atoms with Gasteiger partial charge in [0.15, 0.2) is 17.5 Å². The molecule has 3 heterocycles. The predicted molar refractivity (Wildman–Crippen MR) is 217 cm³/mol. The lowest BCUT2D eigenvalue weighted by molar-refractivity contribution is 0.668. The maximum atomic E-state index is 6.72. The highest BCUT2D eigenvalue weighted by Crippen LogP contribution is 2.42. The van der Waals surface area contributed by atoms with Gasteiger partial charge in [-0.05, 0) is 59.2 Å². The van der Waals surface area contributed by atoms with E-state index in [1.165, 1.54) is 0 Å². The molecule has 0 unspecified atom stereocenters. The Bertz CT molecular complexity index is 3080. The summed E-state index contributed by atoms with van der Waals surface area (Å²) in [5.74, 6) is 1.80. The summed E-state index contributed by atoms with van der Waals surface area (Å²) in [4.78, 5) is 15.5. The fourth-order valence-corrected chi connectivity index (χ4v) is 7.42. The highest BCUT2D eigenvalue weighted by Gasteiger charge is 2.21. The monoisotopic (exact) mass is 681 g/mol. The van der Waals surface area contributed by atoms with Crippen LogP contribution in [0.4, 0.5) is 0 Å². The Morgan fingerprint density at radius 3 is 1.98 bits per heavy atom. The number of allylic oxidation sites excluding steroid dienone is 3. The summed E-state index contributed by atoms with van der Waals surface area (Å²) in [5, 5.41) is 6.33. The molecule has 250 valence electrons. The van der Waals surface area contributed by atoms with E-state index in [4.69, 9.17) is 23.8 Å². The molecule has 0 aliphatic heterocycles. The Kier molecular flexibility index (Phi) is 7.29. The molecule has 0 aliphatic carbocycles. The number of fused-ring (bicyclic) bond motifs is 7. The molecule has 7 aromatic carbocycles. The summed E-state index contributed by atoms with van der Waals surface area (Å²) in [6.07, 6.45) is 8.26. The highest BCUT2D eigenvalue weighted by atomic mass is 16.3. The maximum absolute atomic E-state index is 6.72. The van der Waals surface area contributed by atoms with Crippen LogP contribution in [0.5, 0.6) is 0 Å². The van der Waals surface area contributed by atoms with Crippen LogP contribution in [0.15, 0.2) is 173 Å². The van der Waals surface area contributed by atoms with Gasteiger partial charge in [0, 0.05) is 43.8 Å². The van der Waals surface area contributed by atoms with Gasteiger partial charge in [-0.2, -0.15) is 0 Å². The van der Waals surface area contributed by atoms with Crippen LogP contribution < -0.4 is 0 Å². The zero-order chi connectivity index (χ0) is 35.3. The molecule has 0 saturated heterocycles. The predicted octanol–water partition coefficient (Wildman–Crippen LogP) is 13.1. The van der Waals surface area contributed by atoms with E-state index < -0.39 is 0 Å². The summed E-state index contributed by atoms with van der Waals surface area (Å²) in [6, 6.07) is 49.7. The van der Waals surface area contributed by atoms with Gasteiger partial charge < -0.3 is 8.83 Å². The van der Waals surface area contributed by atoms with E-state index in [2.05, 4.69) is 91.0 Å². The van der Waals surface area contributed by atoms with Gasteiger partial charge in [0.2, 0.25) is 0 Å². The maximum Gasteiger partial charge on any atom is 0.164 e. The minimum absolute atomic E-state index is 0.583. The third-order valence-corrected chi connectivity index (χ3v) is 9.90. The number of para-hydroxylation sites is 2. The number of hydrogen-bond acceptors (Lipinski definition) is 5. The van der Waals surface area contributed by atoms with Gasteiger partial charge in [0.1, 0.15) is 22.3 Å². The summed E-state index contributed by atoms with van der Waals surface area (Å²) in [6.45, 7) is 2.02. The summed E-state index contributed by atoms with van der Waals surface area (Å²) >= 11 is 0. The molecule has 0 atom stereocenters. The molecule has 10 aromatic rings. The normalized spacial score (nSPS) is 12.1. The van der Waals surface area contributed by atoms with E-state index in [1.54, 1.807) is 0 Å². The third-order valence-electron chi connectivity index (χ3n) is 9.90. The smallest absolute Gasteiger partial charge is 0.164 e. The second-order valence-corrected chi connectivity index (χ2v) is 13.1. The lowest BCUT2D eigenvalue weighted by atomic mass is 9.98. The zero-order valence-electron chi connectivity index (χ0n) is 28.8. The van der Waals surface area contributed by atoms with Crippen LogP contribution in [0.25, 0.3) is 106 Å². The molecule has 5 nitrogen and oxygen atoms in total. The standard InChI is InChI=1S/C48H31N3O2/c1-2-3-5-14-30-25-27-37(35-18-9-8-17-33(30)35)47-49-46(31-15-6-4-7-16-31)50-48(51-47)39-22-13-24-43-44(39)38-21-12-20-34(45(38)53-43)32-26-28-42-40(29-32)36-19-10-11-23-41(36)52-42/h2-29H,1H3/b3-2-,14-5-. The largest absolute Gasteiger partial charge is 0.456 e. The summed E-state index contributed by atoms with van der Waals surface area (Å²) in [5.41, 5.74) is 9.26. The highest BCUT2D eigenvalue weighted by molar-refractivity contribution is 6.16. The second-order valence-electron chi connectivity index (χ2n) is 13.1. The van der Waals surface area contributed by atoms with Crippen LogP contribution in [0.3, 0.4) is 0 Å². The summed E-state index contributed by atoms with van der Waals surface area (Å²) in [7, 11) is 0. The molecule has 53 heavy (non-hydrogen) atoms. The minimum Gasteiger partial charge on any atom is -0.456 e. The number of furan rings is 2. The number of hydrogen-bond donors (Lipinski definition) is 0. The van der Waals surface area contributed by atoms with Crippen molar-refractivity contribution in [2.24, 2.45) is 0 Å². The first-order valence-electron chi connectivity index (χ1n) is 17.7. The topological polar surface area (TPSA) is 65.0 Å². The number of benzene rings is 7. The van der Waals surface area contributed by atoms with E-state index in [9.17, 15) is 0 Å². The molecule has 10 rings (SSSR count). The Morgan fingerprint density at radius 1 is 0.434 bits per heavy atom. The molecule has 0 bridgehead atoms. The van der Waals surface area contributed by atoms with E-state index in [0.717, 1.165) is 88.0 Å². The van der Waals surface area contributed by atoms with Crippen molar-refractivity contribution in [1.82, 2.24) is 15.0 Å². The minimum atomic E-state index is 0.583. The summed E-state index contributed by atoms with van der Waals surface area (Å²) < 4.78 is 12.8. The molecule has 0 N–H and O–H groups in total. The molecule has 0 saturated carbocycles. The number of rotatable bonds is 6. The van der Waals surface area contributed by atoms with Gasteiger partial charge in [-0.25, -0.2) is 15.0 Å². The van der Waals surface area contributed by atoms with E-state index >= 15 is 0 Å². The van der Waals surface area contributed by atoms with E-state index in [1.807, 2.05) is 85.8 Å². The van der Waals surface area contributed by atoms with Crippen LogP contribution in [-0.4, -0.2) is 15.0 Å². The SMILES string of the molecule is C/C=C\C=C/c1ccc(-c2nc(-c3ccccc3)nc(-c3cccc4oc5c(-c6ccc7oc8ccccc8c7c6)cccc5c34)n2)c2ccccc12. The van der Waals surface area contributed by atoms with Crippen molar-refractivity contribution in [3.63, 3.8) is 0 Å².